The van der Waals surface area contributed by atoms with Crippen molar-refractivity contribution in [2.75, 3.05) is 5.32 Å². The summed E-state index contributed by atoms with van der Waals surface area (Å²) in [5.41, 5.74) is 1.49. The van der Waals surface area contributed by atoms with E-state index in [1.807, 2.05) is 11.3 Å². The van der Waals surface area contributed by atoms with Gasteiger partial charge in [-0.1, -0.05) is 13.8 Å². The highest BCUT2D eigenvalue weighted by atomic mass is 32.1. The molecule has 1 aromatic rings. The van der Waals surface area contributed by atoms with Gasteiger partial charge in [0.15, 0.2) is 5.13 Å². The summed E-state index contributed by atoms with van der Waals surface area (Å²) in [6, 6.07) is 0. The third-order valence-corrected chi connectivity index (χ3v) is 3.78. The average Bonchev–Trinajstić information content (AvgIpc) is 2.88. The van der Waals surface area contributed by atoms with E-state index in [0.717, 1.165) is 17.0 Å². The average molecular weight is 252 g/mol. The van der Waals surface area contributed by atoms with Gasteiger partial charge in [-0.15, -0.1) is 11.3 Å². The number of nitrogens with one attached hydrogen (secondary N) is 1. The van der Waals surface area contributed by atoms with E-state index in [1.54, 1.807) is 0 Å². The van der Waals surface area contributed by atoms with Crippen molar-refractivity contribution in [3.05, 3.63) is 10.6 Å². The number of nitrogens with zero attached hydrogens (tertiary/aromatic N) is 1. The van der Waals surface area contributed by atoms with Crippen LogP contribution in [0.15, 0.2) is 0 Å². The van der Waals surface area contributed by atoms with Crippen molar-refractivity contribution in [2.45, 2.75) is 65.3 Å². The minimum atomic E-state index is 0.105. The minimum Gasteiger partial charge on any atom is -0.357 e. The van der Waals surface area contributed by atoms with Crippen LogP contribution in [-0.4, -0.2) is 10.5 Å². The molecule has 0 aromatic carbocycles. The first-order valence-corrected chi connectivity index (χ1v) is 7.44. The van der Waals surface area contributed by atoms with Crippen molar-refractivity contribution in [1.82, 2.24) is 4.98 Å². The van der Waals surface area contributed by atoms with Crippen LogP contribution in [0.1, 0.15) is 63.9 Å². The van der Waals surface area contributed by atoms with Crippen LogP contribution < -0.4 is 5.32 Å². The van der Waals surface area contributed by atoms with Gasteiger partial charge >= 0.3 is 0 Å². The van der Waals surface area contributed by atoms with Gasteiger partial charge < -0.3 is 5.32 Å². The van der Waals surface area contributed by atoms with Crippen LogP contribution in [0.4, 0.5) is 5.13 Å². The first-order valence-electron chi connectivity index (χ1n) is 6.63. The molecular formula is C14H24N2S. The van der Waals surface area contributed by atoms with Crippen LogP contribution in [0, 0.1) is 5.92 Å². The van der Waals surface area contributed by atoms with Gasteiger partial charge in [0.05, 0.1) is 5.69 Å². The summed E-state index contributed by atoms with van der Waals surface area (Å²) in [5.74, 6) is 1.48. The van der Waals surface area contributed by atoms with Gasteiger partial charge in [0.2, 0.25) is 0 Å². The highest BCUT2D eigenvalue weighted by Crippen LogP contribution is 2.44. The Kier molecular flexibility index (Phi) is 3.48. The molecule has 3 heteroatoms. The van der Waals surface area contributed by atoms with E-state index in [0.29, 0.717) is 0 Å². The molecule has 0 aliphatic heterocycles. The largest absolute Gasteiger partial charge is 0.357 e. The number of rotatable bonds is 4. The third-order valence-electron chi connectivity index (χ3n) is 2.77. The molecular weight excluding hydrogens is 228 g/mol. The maximum absolute atomic E-state index is 4.82. The fraction of sp³-hybridized carbons (Fsp3) is 0.786. The number of thiazole rings is 1. The Morgan fingerprint density at radius 1 is 1.35 bits per heavy atom. The Labute approximate surface area is 109 Å². The smallest absolute Gasteiger partial charge is 0.183 e. The van der Waals surface area contributed by atoms with Crippen LogP contribution >= 0.6 is 11.3 Å². The zero-order valence-electron chi connectivity index (χ0n) is 11.6. The summed E-state index contributed by atoms with van der Waals surface area (Å²) in [6.07, 6.45) is 3.85. The monoisotopic (exact) mass is 252 g/mol. The molecule has 1 saturated carbocycles. The Bertz CT molecular complexity index is 383. The summed E-state index contributed by atoms with van der Waals surface area (Å²) >= 11 is 1.86. The van der Waals surface area contributed by atoms with E-state index in [4.69, 9.17) is 4.98 Å². The SMILES string of the molecule is CC(C)Cc1sc(NC(C)(C)C)nc1C1CC1. The zero-order chi connectivity index (χ0) is 12.6. The van der Waals surface area contributed by atoms with E-state index < -0.39 is 0 Å². The Morgan fingerprint density at radius 2 is 2.00 bits per heavy atom. The summed E-state index contributed by atoms with van der Waals surface area (Å²) in [5, 5.41) is 4.61. The zero-order valence-corrected chi connectivity index (χ0v) is 12.4. The van der Waals surface area contributed by atoms with Crippen LogP contribution in [0.3, 0.4) is 0 Å². The molecule has 0 spiro atoms. The molecule has 1 aromatic heterocycles. The summed E-state index contributed by atoms with van der Waals surface area (Å²) in [6.45, 7) is 11.1. The molecule has 1 heterocycles. The molecule has 0 bridgehead atoms. The van der Waals surface area contributed by atoms with Crippen molar-refractivity contribution in [1.29, 1.82) is 0 Å². The normalized spacial score (nSPS) is 16.6. The van der Waals surface area contributed by atoms with Crippen molar-refractivity contribution < 1.29 is 0 Å². The van der Waals surface area contributed by atoms with Crippen molar-refractivity contribution in [3.8, 4) is 0 Å². The number of hydrogen-bond acceptors (Lipinski definition) is 3. The molecule has 96 valence electrons. The van der Waals surface area contributed by atoms with Gasteiger partial charge in [0.25, 0.3) is 0 Å². The highest BCUT2D eigenvalue weighted by molar-refractivity contribution is 7.15. The first kappa shape index (κ1) is 12.9. The molecule has 0 saturated heterocycles. The first-order chi connectivity index (χ1) is 7.85. The maximum Gasteiger partial charge on any atom is 0.183 e. The Morgan fingerprint density at radius 3 is 2.47 bits per heavy atom. The predicted octanol–water partition coefficient (Wildman–Crippen LogP) is 4.43. The summed E-state index contributed by atoms with van der Waals surface area (Å²) in [4.78, 5) is 6.33. The number of hydrogen-bond donors (Lipinski definition) is 1. The van der Waals surface area contributed by atoms with Crippen LogP contribution in [0.5, 0.6) is 0 Å². The van der Waals surface area contributed by atoms with Gasteiger partial charge in [-0.2, -0.15) is 0 Å². The minimum absolute atomic E-state index is 0.105. The fourth-order valence-corrected chi connectivity index (χ4v) is 3.40. The molecule has 0 amide bonds. The molecule has 0 atom stereocenters. The second-order valence-corrected chi connectivity index (χ2v) is 7.66. The van der Waals surface area contributed by atoms with Gasteiger partial charge in [-0.25, -0.2) is 4.98 Å². The topological polar surface area (TPSA) is 24.9 Å². The lowest BCUT2D eigenvalue weighted by Gasteiger charge is -2.19. The van der Waals surface area contributed by atoms with E-state index in [-0.39, 0.29) is 5.54 Å². The second kappa shape index (κ2) is 4.60. The Balaban J connectivity index is 2.18. The quantitative estimate of drug-likeness (QED) is 0.857. The molecule has 1 fully saturated rings. The van der Waals surface area contributed by atoms with E-state index in [1.165, 1.54) is 29.8 Å². The third kappa shape index (κ3) is 3.70. The van der Waals surface area contributed by atoms with Gasteiger partial charge in [-0.05, 0) is 46.0 Å². The lowest BCUT2D eigenvalue weighted by Crippen LogP contribution is -2.25. The van der Waals surface area contributed by atoms with E-state index >= 15 is 0 Å². The van der Waals surface area contributed by atoms with Crippen molar-refractivity contribution in [3.63, 3.8) is 0 Å². The summed E-state index contributed by atoms with van der Waals surface area (Å²) < 4.78 is 0. The Hall–Kier alpha value is -0.570. The molecule has 1 aliphatic carbocycles. The molecule has 1 aliphatic rings. The molecule has 17 heavy (non-hydrogen) atoms. The molecule has 0 radical (unpaired) electrons. The van der Waals surface area contributed by atoms with E-state index in [9.17, 15) is 0 Å². The van der Waals surface area contributed by atoms with Gasteiger partial charge in [0, 0.05) is 16.3 Å². The summed E-state index contributed by atoms with van der Waals surface area (Å²) in [7, 11) is 0. The van der Waals surface area contributed by atoms with Crippen molar-refractivity contribution in [2.24, 2.45) is 5.92 Å². The van der Waals surface area contributed by atoms with Gasteiger partial charge in [0.1, 0.15) is 0 Å². The maximum atomic E-state index is 4.82. The van der Waals surface area contributed by atoms with Gasteiger partial charge in [-0.3, -0.25) is 0 Å². The number of aromatic nitrogens is 1. The lowest BCUT2D eigenvalue weighted by atomic mass is 10.1. The predicted molar refractivity (Wildman–Crippen MR) is 76.0 cm³/mol. The molecule has 1 N–H and O–H groups in total. The van der Waals surface area contributed by atoms with Crippen LogP contribution in [-0.2, 0) is 6.42 Å². The molecule has 2 rings (SSSR count). The lowest BCUT2D eigenvalue weighted by molar-refractivity contribution is 0.632. The highest BCUT2D eigenvalue weighted by Gasteiger charge is 2.30. The van der Waals surface area contributed by atoms with Crippen molar-refractivity contribution >= 4 is 16.5 Å². The molecule has 0 unspecified atom stereocenters. The fourth-order valence-electron chi connectivity index (χ4n) is 1.93. The van der Waals surface area contributed by atoms with Crippen LogP contribution in [0.25, 0.3) is 0 Å². The van der Waals surface area contributed by atoms with E-state index in [2.05, 4.69) is 39.9 Å². The molecule has 2 nitrogen and oxygen atoms in total. The standard InChI is InChI=1S/C14H24N2S/c1-9(2)8-11-12(10-6-7-10)15-13(17-11)16-14(3,4)5/h9-10H,6-8H2,1-5H3,(H,15,16). The number of anilines is 1. The van der Waals surface area contributed by atoms with Crippen LogP contribution in [0.2, 0.25) is 0 Å². The second-order valence-electron chi connectivity index (χ2n) is 6.57.